The fraction of sp³-hybridized carbons (Fsp3) is 0.389. The highest BCUT2D eigenvalue weighted by Gasteiger charge is 2.19. The number of hydrogen-bond donors (Lipinski definition) is 1. The van der Waals surface area contributed by atoms with E-state index in [-0.39, 0.29) is 0 Å². The van der Waals surface area contributed by atoms with E-state index in [9.17, 15) is 4.79 Å². The third-order valence-electron chi connectivity index (χ3n) is 4.36. The number of amides is 1. The first-order valence-electron chi connectivity index (χ1n) is 8.31. The van der Waals surface area contributed by atoms with E-state index < -0.39 is 5.91 Å². The fourth-order valence-corrected chi connectivity index (χ4v) is 2.99. The Hall–Kier alpha value is -2.63. The zero-order chi connectivity index (χ0) is 17.1. The van der Waals surface area contributed by atoms with Crippen LogP contribution in [0.25, 0.3) is 0 Å². The average molecular weight is 325 g/mol. The summed E-state index contributed by atoms with van der Waals surface area (Å²) in [6.07, 6.45) is 0.919. The molecule has 0 spiro atoms. The summed E-state index contributed by atoms with van der Waals surface area (Å²) in [7, 11) is 0. The van der Waals surface area contributed by atoms with Crippen LogP contribution >= 0.6 is 0 Å². The maximum atomic E-state index is 11.2. The second kappa shape index (κ2) is 6.86. The van der Waals surface area contributed by atoms with Crippen LogP contribution in [-0.2, 0) is 6.42 Å². The Bertz CT molecular complexity index is 721. The molecule has 6 nitrogen and oxygen atoms in total. The predicted octanol–water partition coefficient (Wildman–Crippen LogP) is 1.77. The van der Waals surface area contributed by atoms with Crippen LogP contribution in [0.1, 0.15) is 28.8 Å². The Morgan fingerprint density at radius 1 is 1.08 bits per heavy atom. The lowest BCUT2D eigenvalue weighted by Gasteiger charge is -2.37. The van der Waals surface area contributed by atoms with Crippen LogP contribution in [0.4, 0.5) is 11.5 Å². The quantitative estimate of drug-likeness (QED) is 0.927. The number of hydrogen-bond acceptors (Lipinski definition) is 5. The minimum Gasteiger partial charge on any atom is -0.368 e. The van der Waals surface area contributed by atoms with Gasteiger partial charge in [0.05, 0.1) is 0 Å². The van der Waals surface area contributed by atoms with E-state index in [1.165, 1.54) is 0 Å². The number of piperazine rings is 1. The third kappa shape index (κ3) is 3.48. The van der Waals surface area contributed by atoms with E-state index in [1.54, 1.807) is 12.1 Å². The fourth-order valence-electron chi connectivity index (χ4n) is 2.99. The number of rotatable bonds is 4. The minimum atomic E-state index is -0.391. The van der Waals surface area contributed by atoms with Crippen LogP contribution in [0, 0.1) is 6.92 Å². The van der Waals surface area contributed by atoms with Crippen molar-refractivity contribution in [2.45, 2.75) is 20.3 Å². The number of nitrogens with zero attached hydrogens (tertiary/aromatic N) is 4. The Balaban J connectivity index is 1.67. The molecule has 1 saturated heterocycles. The smallest absolute Gasteiger partial charge is 0.248 e. The Morgan fingerprint density at radius 3 is 2.29 bits per heavy atom. The first-order chi connectivity index (χ1) is 11.6. The van der Waals surface area contributed by atoms with Gasteiger partial charge in [-0.05, 0) is 37.6 Å². The van der Waals surface area contributed by atoms with E-state index >= 15 is 0 Å². The Morgan fingerprint density at radius 2 is 1.71 bits per heavy atom. The van der Waals surface area contributed by atoms with Gasteiger partial charge < -0.3 is 15.5 Å². The highest BCUT2D eigenvalue weighted by molar-refractivity contribution is 5.93. The number of primary amides is 1. The second-order valence-corrected chi connectivity index (χ2v) is 6.00. The molecule has 1 aliphatic rings. The molecule has 126 valence electrons. The molecular weight excluding hydrogens is 302 g/mol. The summed E-state index contributed by atoms with van der Waals surface area (Å²) >= 11 is 0. The maximum Gasteiger partial charge on any atom is 0.248 e. The topological polar surface area (TPSA) is 75.3 Å². The summed E-state index contributed by atoms with van der Waals surface area (Å²) in [6, 6.07) is 9.57. The van der Waals surface area contributed by atoms with Gasteiger partial charge in [0.1, 0.15) is 11.6 Å². The Kier molecular flexibility index (Phi) is 4.64. The van der Waals surface area contributed by atoms with Crippen molar-refractivity contribution >= 4 is 17.4 Å². The van der Waals surface area contributed by atoms with Gasteiger partial charge in [-0.3, -0.25) is 4.79 Å². The number of carbonyl (C=O) groups is 1. The molecule has 2 N–H and O–H groups in total. The summed E-state index contributed by atoms with van der Waals surface area (Å²) in [5, 5.41) is 0. The molecule has 3 rings (SSSR count). The largest absolute Gasteiger partial charge is 0.368 e. The second-order valence-electron chi connectivity index (χ2n) is 6.00. The number of anilines is 2. The molecule has 24 heavy (non-hydrogen) atoms. The summed E-state index contributed by atoms with van der Waals surface area (Å²) < 4.78 is 0. The molecule has 1 aliphatic heterocycles. The average Bonchev–Trinajstić information content (AvgIpc) is 2.61. The molecule has 0 aliphatic carbocycles. The summed E-state index contributed by atoms with van der Waals surface area (Å²) in [5.74, 6) is 1.45. The van der Waals surface area contributed by atoms with E-state index in [0.717, 1.165) is 55.6 Å². The van der Waals surface area contributed by atoms with Crippen molar-refractivity contribution in [2.24, 2.45) is 5.73 Å². The molecule has 0 unspecified atom stereocenters. The zero-order valence-electron chi connectivity index (χ0n) is 14.2. The van der Waals surface area contributed by atoms with E-state index in [0.29, 0.717) is 5.56 Å². The monoisotopic (exact) mass is 325 g/mol. The van der Waals surface area contributed by atoms with Crippen molar-refractivity contribution in [3.63, 3.8) is 0 Å². The molecule has 0 bridgehead atoms. The van der Waals surface area contributed by atoms with E-state index in [4.69, 9.17) is 5.73 Å². The molecule has 6 heteroatoms. The van der Waals surface area contributed by atoms with E-state index in [2.05, 4.69) is 32.8 Å². The zero-order valence-corrected chi connectivity index (χ0v) is 14.2. The van der Waals surface area contributed by atoms with Gasteiger partial charge in [-0.1, -0.05) is 6.92 Å². The highest BCUT2D eigenvalue weighted by Crippen LogP contribution is 2.20. The van der Waals surface area contributed by atoms with Gasteiger partial charge in [0.25, 0.3) is 0 Å². The number of aromatic nitrogens is 2. The molecule has 0 saturated carbocycles. The van der Waals surface area contributed by atoms with Crippen LogP contribution in [0.2, 0.25) is 0 Å². The van der Waals surface area contributed by atoms with Crippen molar-refractivity contribution in [2.75, 3.05) is 36.0 Å². The lowest BCUT2D eigenvalue weighted by Crippen LogP contribution is -2.47. The third-order valence-corrected chi connectivity index (χ3v) is 4.36. The Labute approximate surface area is 142 Å². The SMILES string of the molecule is CCc1cc(N2CCN(c3ccc(C(N)=O)cc3)CC2)nc(C)n1. The van der Waals surface area contributed by atoms with Crippen LogP contribution in [0.15, 0.2) is 30.3 Å². The first-order valence-corrected chi connectivity index (χ1v) is 8.31. The molecule has 1 amide bonds. The number of nitrogens with two attached hydrogens (primary N) is 1. The maximum absolute atomic E-state index is 11.2. The van der Waals surface area contributed by atoms with Crippen molar-refractivity contribution in [3.05, 3.63) is 47.4 Å². The van der Waals surface area contributed by atoms with Gasteiger partial charge in [-0.15, -0.1) is 0 Å². The van der Waals surface area contributed by atoms with Gasteiger partial charge in [0.2, 0.25) is 5.91 Å². The van der Waals surface area contributed by atoms with Gasteiger partial charge >= 0.3 is 0 Å². The summed E-state index contributed by atoms with van der Waals surface area (Å²) in [4.78, 5) is 24.8. The van der Waals surface area contributed by atoms with Gasteiger partial charge in [0, 0.05) is 49.2 Å². The number of carbonyl (C=O) groups excluding carboxylic acids is 1. The van der Waals surface area contributed by atoms with Crippen molar-refractivity contribution in [1.82, 2.24) is 9.97 Å². The summed E-state index contributed by atoms with van der Waals surface area (Å²) in [6.45, 7) is 7.72. The van der Waals surface area contributed by atoms with Crippen molar-refractivity contribution in [3.8, 4) is 0 Å². The van der Waals surface area contributed by atoms with Crippen LogP contribution in [-0.4, -0.2) is 42.1 Å². The molecule has 2 heterocycles. The molecular formula is C18H23N5O. The highest BCUT2D eigenvalue weighted by atomic mass is 16.1. The van der Waals surface area contributed by atoms with Crippen LogP contribution in [0.3, 0.4) is 0 Å². The normalized spacial score (nSPS) is 14.8. The molecule has 0 atom stereocenters. The van der Waals surface area contributed by atoms with E-state index in [1.807, 2.05) is 19.1 Å². The first kappa shape index (κ1) is 16.2. The molecule has 2 aromatic rings. The van der Waals surface area contributed by atoms with Crippen LogP contribution < -0.4 is 15.5 Å². The lowest BCUT2D eigenvalue weighted by molar-refractivity contribution is 0.100. The minimum absolute atomic E-state index is 0.391. The molecule has 0 radical (unpaired) electrons. The molecule has 1 fully saturated rings. The van der Waals surface area contributed by atoms with Gasteiger partial charge in [-0.2, -0.15) is 0 Å². The number of aryl methyl sites for hydroxylation is 2. The van der Waals surface area contributed by atoms with Gasteiger partial charge in [0.15, 0.2) is 0 Å². The van der Waals surface area contributed by atoms with Crippen LogP contribution in [0.5, 0.6) is 0 Å². The van der Waals surface area contributed by atoms with Crippen molar-refractivity contribution in [1.29, 1.82) is 0 Å². The number of benzene rings is 1. The van der Waals surface area contributed by atoms with Gasteiger partial charge in [-0.25, -0.2) is 9.97 Å². The predicted molar refractivity (Wildman–Crippen MR) is 95.5 cm³/mol. The van der Waals surface area contributed by atoms with Crippen molar-refractivity contribution < 1.29 is 4.79 Å². The molecule has 1 aromatic carbocycles. The standard InChI is InChI=1S/C18H23N5O/c1-3-15-12-17(21-13(2)20-15)23-10-8-22(9-11-23)16-6-4-14(5-7-16)18(19)24/h4-7,12H,3,8-11H2,1-2H3,(H2,19,24). The summed E-state index contributed by atoms with van der Waals surface area (Å²) in [5.41, 5.74) is 8.04. The lowest BCUT2D eigenvalue weighted by atomic mass is 10.1. The molecule has 1 aromatic heterocycles.